The highest BCUT2D eigenvalue weighted by molar-refractivity contribution is 5.84. The van der Waals surface area contributed by atoms with Gasteiger partial charge in [0, 0.05) is 6.42 Å². The molecule has 2 fully saturated rings. The number of nitrogens with one attached hydrogen (secondary N) is 1. The van der Waals surface area contributed by atoms with Crippen LogP contribution in [0, 0.1) is 11.3 Å². The number of amides is 1. The first-order chi connectivity index (χ1) is 9.76. The van der Waals surface area contributed by atoms with Gasteiger partial charge < -0.3 is 15.8 Å². The minimum Gasteiger partial charge on any atom is -0.375 e. The van der Waals surface area contributed by atoms with E-state index in [1.165, 1.54) is 6.42 Å². The van der Waals surface area contributed by atoms with Gasteiger partial charge in [-0.05, 0) is 56.9 Å². The lowest BCUT2D eigenvalue weighted by Gasteiger charge is -2.43. The quantitative estimate of drug-likeness (QED) is 0.838. The number of hydrogen-bond donors (Lipinski definition) is 2. The first kappa shape index (κ1) is 16.8. The van der Waals surface area contributed by atoms with Gasteiger partial charge in [-0.25, -0.2) is 0 Å². The molecule has 0 aromatic rings. The summed E-state index contributed by atoms with van der Waals surface area (Å²) in [7, 11) is 1.83. The van der Waals surface area contributed by atoms with Crippen molar-refractivity contribution in [2.45, 2.75) is 83.5 Å². The maximum Gasteiger partial charge on any atom is 0.237 e. The smallest absolute Gasteiger partial charge is 0.237 e. The summed E-state index contributed by atoms with van der Waals surface area (Å²) >= 11 is 0. The molecular formula is C17H32N2O2. The number of ether oxygens (including phenoxy) is 1. The Bertz CT molecular complexity index is 383. The highest BCUT2D eigenvalue weighted by Gasteiger charge is 2.42. The third-order valence-corrected chi connectivity index (χ3v) is 5.39. The largest absolute Gasteiger partial charge is 0.375 e. The molecule has 0 aromatic carbocycles. The van der Waals surface area contributed by atoms with Crippen LogP contribution in [0.1, 0.15) is 65.7 Å². The Morgan fingerprint density at radius 2 is 1.95 bits per heavy atom. The van der Waals surface area contributed by atoms with Crippen molar-refractivity contribution in [2.24, 2.45) is 17.1 Å². The van der Waals surface area contributed by atoms with Crippen LogP contribution in [0.2, 0.25) is 0 Å². The van der Waals surface area contributed by atoms with E-state index in [-0.39, 0.29) is 12.0 Å². The molecule has 0 radical (unpaired) electrons. The minimum absolute atomic E-state index is 0.157. The van der Waals surface area contributed by atoms with Crippen molar-refractivity contribution >= 4 is 5.91 Å². The highest BCUT2D eigenvalue weighted by Crippen LogP contribution is 2.41. The fraction of sp³-hybridized carbons (Fsp3) is 0.941. The number of primary amides is 1. The van der Waals surface area contributed by atoms with Gasteiger partial charge in [0.2, 0.25) is 5.91 Å². The van der Waals surface area contributed by atoms with Gasteiger partial charge in [-0.2, -0.15) is 0 Å². The van der Waals surface area contributed by atoms with Crippen molar-refractivity contribution < 1.29 is 9.53 Å². The number of hydrogen-bond acceptors (Lipinski definition) is 3. The molecule has 2 aliphatic carbocycles. The van der Waals surface area contributed by atoms with Gasteiger partial charge in [-0.15, -0.1) is 0 Å². The van der Waals surface area contributed by atoms with Crippen LogP contribution in [-0.4, -0.2) is 30.7 Å². The second kappa shape index (κ2) is 6.25. The Morgan fingerprint density at radius 1 is 1.24 bits per heavy atom. The van der Waals surface area contributed by atoms with Crippen LogP contribution in [-0.2, 0) is 9.53 Å². The standard InChI is InChI=1S/C17H32N2O2/c1-12-8-14(10-16(2,3)9-12)21-13-6-5-7-17(11-13,19-4)15(18)20/h12-14,19H,5-11H2,1-4H3,(H2,18,20). The molecule has 0 saturated heterocycles. The van der Waals surface area contributed by atoms with Crippen molar-refractivity contribution in [2.75, 3.05) is 7.05 Å². The third kappa shape index (κ3) is 3.98. The molecule has 0 heterocycles. The van der Waals surface area contributed by atoms with Gasteiger partial charge in [0.15, 0.2) is 0 Å². The lowest BCUT2D eigenvalue weighted by Crippen LogP contribution is -2.58. The molecule has 4 unspecified atom stereocenters. The van der Waals surface area contributed by atoms with Crippen molar-refractivity contribution in [1.82, 2.24) is 5.32 Å². The van der Waals surface area contributed by atoms with E-state index in [2.05, 4.69) is 26.1 Å². The Morgan fingerprint density at radius 3 is 2.52 bits per heavy atom. The van der Waals surface area contributed by atoms with Crippen LogP contribution in [0.4, 0.5) is 0 Å². The second-order valence-corrected chi connectivity index (χ2v) is 8.09. The molecule has 3 N–H and O–H groups in total. The summed E-state index contributed by atoms with van der Waals surface area (Å²) in [5.41, 5.74) is 5.41. The molecule has 1 amide bonds. The molecule has 0 spiro atoms. The molecule has 2 aliphatic rings. The Balaban J connectivity index is 1.98. The summed E-state index contributed by atoms with van der Waals surface area (Å²) in [4.78, 5) is 11.8. The van der Waals surface area contributed by atoms with E-state index in [1.54, 1.807) is 0 Å². The van der Waals surface area contributed by atoms with Crippen LogP contribution in [0.25, 0.3) is 0 Å². The van der Waals surface area contributed by atoms with E-state index in [4.69, 9.17) is 10.5 Å². The first-order valence-electron chi connectivity index (χ1n) is 8.41. The van der Waals surface area contributed by atoms with Gasteiger partial charge in [0.1, 0.15) is 0 Å². The predicted octanol–water partition coefficient (Wildman–Crippen LogP) is 2.60. The predicted molar refractivity (Wildman–Crippen MR) is 84.9 cm³/mol. The fourth-order valence-corrected chi connectivity index (χ4v) is 4.55. The molecule has 4 nitrogen and oxygen atoms in total. The molecule has 0 aromatic heterocycles. The van der Waals surface area contributed by atoms with Crippen LogP contribution < -0.4 is 11.1 Å². The van der Waals surface area contributed by atoms with Gasteiger partial charge in [0.25, 0.3) is 0 Å². The molecular weight excluding hydrogens is 264 g/mol. The van der Waals surface area contributed by atoms with Gasteiger partial charge in [-0.3, -0.25) is 4.79 Å². The van der Waals surface area contributed by atoms with Crippen LogP contribution in [0.15, 0.2) is 0 Å². The maximum atomic E-state index is 11.8. The summed E-state index contributed by atoms with van der Waals surface area (Å²) in [6, 6.07) is 0. The van der Waals surface area contributed by atoms with Crippen molar-refractivity contribution in [3.8, 4) is 0 Å². The second-order valence-electron chi connectivity index (χ2n) is 8.09. The molecule has 2 saturated carbocycles. The van der Waals surface area contributed by atoms with E-state index in [0.29, 0.717) is 23.9 Å². The molecule has 4 atom stereocenters. The Hall–Kier alpha value is -0.610. The zero-order valence-corrected chi connectivity index (χ0v) is 14.1. The van der Waals surface area contributed by atoms with E-state index < -0.39 is 5.54 Å². The fourth-order valence-electron chi connectivity index (χ4n) is 4.55. The van der Waals surface area contributed by atoms with Crippen LogP contribution >= 0.6 is 0 Å². The van der Waals surface area contributed by atoms with Gasteiger partial charge >= 0.3 is 0 Å². The zero-order valence-electron chi connectivity index (χ0n) is 14.1. The van der Waals surface area contributed by atoms with Crippen molar-refractivity contribution in [3.05, 3.63) is 0 Å². The lowest BCUT2D eigenvalue weighted by molar-refractivity contribution is -0.132. The normalized spacial score (nSPS) is 39.9. The average molecular weight is 296 g/mol. The van der Waals surface area contributed by atoms with Crippen molar-refractivity contribution in [3.63, 3.8) is 0 Å². The Labute approximate surface area is 129 Å². The van der Waals surface area contributed by atoms with E-state index in [1.807, 2.05) is 7.05 Å². The van der Waals surface area contributed by atoms with E-state index >= 15 is 0 Å². The topological polar surface area (TPSA) is 64.3 Å². The number of carbonyl (C=O) groups is 1. The summed E-state index contributed by atoms with van der Waals surface area (Å²) < 4.78 is 6.40. The third-order valence-electron chi connectivity index (χ3n) is 5.39. The van der Waals surface area contributed by atoms with Crippen LogP contribution in [0.3, 0.4) is 0 Å². The van der Waals surface area contributed by atoms with E-state index in [0.717, 1.165) is 32.1 Å². The summed E-state index contributed by atoms with van der Waals surface area (Å²) in [5.74, 6) is 0.475. The molecule has 21 heavy (non-hydrogen) atoms. The number of nitrogens with two attached hydrogens (primary N) is 1. The van der Waals surface area contributed by atoms with Gasteiger partial charge in [-0.1, -0.05) is 20.8 Å². The first-order valence-corrected chi connectivity index (χ1v) is 8.41. The highest BCUT2D eigenvalue weighted by atomic mass is 16.5. The summed E-state index contributed by atoms with van der Waals surface area (Å²) in [5, 5.41) is 3.15. The maximum absolute atomic E-state index is 11.8. The zero-order chi connectivity index (χ0) is 15.7. The SMILES string of the molecule is CNC1(C(N)=O)CCCC(OC2CC(C)CC(C)(C)C2)C1. The van der Waals surface area contributed by atoms with Gasteiger partial charge in [0.05, 0.1) is 17.7 Å². The average Bonchev–Trinajstić information content (AvgIpc) is 2.36. The number of carbonyl (C=O) groups excluding carboxylic acids is 1. The minimum atomic E-state index is -0.571. The van der Waals surface area contributed by atoms with Crippen LogP contribution in [0.5, 0.6) is 0 Å². The molecule has 0 bridgehead atoms. The Kier molecular flexibility index (Phi) is 4.99. The number of rotatable bonds is 4. The monoisotopic (exact) mass is 296 g/mol. The summed E-state index contributed by atoms with van der Waals surface area (Å²) in [6.07, 6.45) is 7.61. The molecule has 0 aliphatic heterocycles. The molecule has 4 heteroatoms. The summed E-state index contributed by atoms with van der Waals surface area (Å²) in [6.45, 7) is 6.99. The van der Waals surface area contributed by atoms with E-state index in [9.17, 15) is 4.79 Å². The lowest BCUT2D eigenvalue weighted by atomic mass is 9.71. The van der Waals surface area contributed by atoms with Crippen molar-refractivity contribution in [1.29, 1.82) is 0 Å². The molecule has 122 valence electrons. The molecule has 2 rings (SSSR count). The number of likely N-dealkylation sites (N-methyl/N-ethyl adjacent to an activating group) is 1.